The lowest BCUT2D eigenvalue weighted by Gasteiger charge is -2.28. The molecule has 0 spiro atoms. The van der Waals surface area contributed by atoms with Crippen molar-refractivity contribution in [2.24, 2.45) is 11.8 Å². The molecule has 4 atom stereocenters. The molecule has 10 heteroatoms. The molecule has 2 fully saturated rings. The topological polar surface area (TPSA) is 146 Å². The quantitative estimate of drug-likeness (QED) is 0.210. The van der Waals surface area contributed by atoms with Gasteiger partial charge in [0, 0.05) is 12.3 Å². The summed E-state index contributed by atoms with van der Waals surface area (Å²) in [6.45, 7) is 3.64. The highest BCUT2D eigenvalue weighted by Gasteiger charge is 2.50. The first kappa shape index (κ1) is 30.7. The van der Waals surface area contributed by atoms with E-state index in [0.717, 1.165) is 18.4 Å². The van der Waals surface area contributed by atoms with Gasteiger partial charge in [-0.15, -0.1) is 0 Å². The van der Waals surface area contributed by atoms with Crippen LogP contribution in [0, 0.1) is 11.8 Å². The monoisotopic (exact) mass is 569 g/mol. The molecule has 2 aliphatic carbocycles. The van der Waals surface area contributed by atoms with E-state index in [4.69, 9.17) is 9.47 Å². The molecule has 1 aromatic carbocycles. The Morgan fingerprint density at radius 1 is 0.976 bits per heavy atom. The average Bonchev–Trinajstić information content (AvgIpc) is 3.50. The largest absolute Gasteiger partial charge is 0.497 e. The molecule has 1 saturated carbocycles. The molecule has 10 nitrogen and oxygen atoms in total. The van der Waals surface area contributed by atoms with Gasteiger partial charge in [0.15, 0.2) is 5.78 Å². The molecule has 4 rings (SSSR count). The number of methoxy groups -OCH3 is 1. The lowest BCUT2D eigenvalue weighted by atomic mass is 9.87. The van der Waals surface area contributed by atoms with Crippen molar-refractivity contribution in [1.29, 1.82) is 0 Å². The van der Waals surface area contributed by atoms with Gasteiger partial charge in [0.1, 0.15) is 23.4 Å². The van der Waals surface area contributed by atoms with Crippen molar-refractivity contribution in [3.8, 4) is 5.75 Å². The summed E-state index contributed by atoms with van der Waals surface area (Å²) in [5, 5.41) is 18.2. The van der Waals surface area contributed by atoms with E-state index in [2.05, 4.69) is 28.1 Å². The first-order valence-electron chi connectivity index (χ1n) is 14.6. The fourth-order valence-corrected chi connectivity index (χ4v) is 5.56. The van der Waals surface area contributed by atoms with E-state index in [1.54, 1.807) is 33.1 Å². The lowest BCUT2D eigenvalue weighted by Crippen LogP contribution is -2.57. The van der Waals surface area contributed by atoms with E-state index in [0.29, 0.717) is 44.5 Å². The molecule has 3 amide bonds. The number of aliphatic hydroxyl groups excluding tert-OH is 1. The van der Waals surface area contributed by atoms with Crippen LogP contribution in [-0.2, 0) is 30.3 Å². The van der Waals surface area contributed by atoms with E-state index in [9.17, 15) is 24.3 Å². The number of nitrogens with one attached hydrogen (secondary N) is 3. The van der Waals surface area contributed by atoms with Gasteiger partial charge in [-0.1, -0.05) is 24.3 Å². The maximum atomic E-state index is 13.7. The van der Waals surface area contributed by atoms with Gasteiger partial charge in [-0.05, 0) is 82.4 Å². The summed E-state index contributed by atoms with van der Waals surface area (Å²) in [7, 11) is 1.57. The molecule has 1 saturated heterocycles. The number of carbonyl (C=O) groups is 4. The van der Waals surface area contributed by atoms with Crippen molar-refractivity contribution in [1.82, 2.24) is 16.0 Å². The van der Waals surface area contributed by atoms with Crippen LogP contribution < -0.4 is 20.7 Å². The molecule has 1 aromatic rings. The second-order valence-corrected chi connectivity index (χ2v) is 11.8. The Morgan fingerprint density at radius 2 is 1.59 bits per heavy atom. The van der Waals surface area contributed by atoms with Crippen LogP contribution in [0.5, 0.6) is 5.75 Å². The average molecular weight is 570 g/mol. The number of allylic oxidation sites excluding steroid dienone is 2. The second-order valence-electron chi connectivity index (χ2n) is 11.8. The summed E-state index contributed by atoms with van der Waals surface area (Å²) in [5.41, 5.74) is -0.101. The SMILES string of the molecule is COc1ccc(C[C@H](NC(=O)[C@@H](C)NC(=O)[C@H]2CC[C@H](O)CC2)C(=O)N[C@@H](CC2CC=CC2)C(=O)[C@@]2(C)CO2)cc1. The molecule has 0 radical (unpaired) electrons. The van der Waals surface area contributed by atoms with Crippen LogP contribution in [0.4, 0.5) is 0 Å². The predicted molar refractivity (Wildman–Crippen MR) is 152 cm³/mol. The molecule has 4 N–H and O–H groups in total. The summed E-state index contributed by atoms with van der Waals surface area (Å²) in [4.78, 5) is 53.0. The first-order chi connectivity index (χ1) is 19.6. The number of carbonyl (C=O) groups excluding carboxylic acids is 4. The first-order valence-corrected chi connectivity index (χ1v) is 14.6. The Labute approximate surface area is 241 Å². The van der Waals surface area contributed by atoms with Crippen LogP contribution in [0.3, 0.4) is 0 Å². The predicted octanol–water partition coefficient (Wildman–Crippen LogP) is 1.98. The minimum absolute atomic E-state index is 0.162. The van der Waals surface area contributed by atoms with Crippen molar-refractivity contribution in [3.05, 3.63) is 42.0 Å². The summed E-state index contributed by atoms with van der Waals surface area (Å²) in [6, 6.07) is 4.60. The van der Waals surface area contributed by atoms with Crippen LogP contribution in [0.15, 0.2) is 36.4 Å². The van der Waals surface area contributed by atoms with Crippen LogP contribution in [0.1, 0.15) is 64.4 Å². The molecule has 41 heavy (non-hydrogen) atoms. The number of amides is 3. The maximum absolute atomic E-state index is 13.7. The summed E-state index contributed by atoms with van der Waals surface area (Å²) >= 11 is 0. The molecule has 3 aliphatic rings. The number of hydrogen-bond donors (Lipinski definition) is 4. The molecule has 0 bridgehead atoms. The third-order valence-electron chi connectivity index (χ3n) is 8.46. The van der Waals surface area contributed by atoms with Crippen LogP contribution in [0.2, 0.25) is 0 Å². The van der Waals surface area contributed by atoms with Gasteiger partial charge in [-0.2, -0.15) is 0 Å². The highest BCUT2D eigenvalue weighted by molar-refractivity contribution is 5.98. The number of aliphatic hydroxyl groups is 1. The summed E-state index contributed by atoms with van der Waals surface area (Å²) in [6.07, 6.45) is 8.41. The highest BCUT2D eigenvalue weighted by Crippen LogP contribution is 2.32. The number of Topliss-reactive ketones (excluding diaryl/α,β-unsaturated/α-hetero) is 1. The number of epoxide rings is 1. The van der Waals surface area contributed by atoms with Gasteiger partial charge in [0.25, 0.3) is 0 Å². The fourth-order valence-electron chi connectivity index (χ4n) is 5.56. The third-order valence-corrected chi connectivity index (χ3v) is 8.46. The van der Waals surface area contributed by atoms with Crippen LogP contribution in [0.25, 0.3) is 0 Å². The standard InChI is InChI=1S/C31H43N3O7/c1-19(32-29(38)22-10-12-23(35)13-11-22)28(37)34-26(17-21-8-14-24(40-3)15-9-21)30(39)33-25(16-20-6-4-5-7-20)27(36)31(2)18-41-31/h4-5,8-9,14-15,19-20,22-23,25-26,35H,6-7,10-13,16-18H2,1-3H3,(H,32,38)(H,33,39)(H,34,37)/t19-,22-,23-,25+,26+,31-/m1/s1. The fraction of sp³-hybridized carbons (Fsp3) is 0.613. The number of benzene rings is 1. The molecule has 224 valence electrons. The van der Waals surface area contributed by atoms with Crippen LogP contribution in [-0.4, -0.2) is 72.2 Å². The van der Waals surface area contributed by atoms with Gasteiger partial charge in [-0.25, -0.2) is 0 Å². The van der Waals surface area contributed by atoms with E-state index in [1.807, 2.05) is 12.1 Å². The third kappa shape index (κ3) is 8.39. The molecular weight excluding hydrogens is 526 g/mol. The van der Waals surface area contributed by atoms with Gasteiger partial charge >= 0.3 is 0 Å². The zero-order valence-electron chi connectivity index (χ0n) is 24.2. The molecule has 0 aromatic heterocycles. The number of ketones is 1. The number of hydrogen-bond acceptors (Lipinski definition) is 7. The van der Waals surface area contributed by atoms with Gasteiger partial charge in [-0.3, -0.25) is 19.2 Å². The van der Waals surface area contributed by atoms with E-state index < -0.39 is 35.5 Å². The lowest BCUT2D eigenvalue weighted by molar-refractivity contribution is -0.135. The Balaban J connectivity index is 1.45. The van der Waals surface area contributed by atoms with Gasteiger partial charge in [0.2, 0.25) is 17.7 Å². The highest BCUT2D eigenvalue weighted by atomic mass is 16.6. The van der Waals surface area contributed by atoms with Crippen molar-refractivity contribution >= 4 is 23.5 Å². The van der Waals surface area contributed by atoms with Gasteiger partial charge < -0.3 is 30.5 Å². The van der Waals surface area contributed by atoms with Crippen molar-refractivity contribution in [3.63, 3.8) is 0 Å². The smallest absolute Gasteiger partial charge is 0.243 e. The molecule has 1 aliphatic heterocycles. The van der Waals surface area contributed by atoms with E-state index in [-0.39, 0.29) is 36.1 Å². The minimum atomic E-state index is -0.981. The Bertz CT molecular complexity index is 1120. The van der Waals surface area contributed by atoms with E-state index >= 15 is 0 Å². The molecule has 1 heterocycles. The molecular formula is C31H43N3O7. The van der Waals surface area contributed by atoms with E-state index in [1.165, 1.54) is 0 Å². The zero-order valence-corrected chi connectivity index (χ0v) is 24.2. The number of rotatable bonds is 13. The van der Waals surface area contributed by atoms with Crippen molar-refractivity contribution < 1.29 is 33.8 Å². The Kier molecular flexibility index (Phi) is 10.2. The van der Waals surface area contributed by atoms with Gasteiger partial charge in [0.05, 0.1) is 25.9 Å². The maximum Gasteiger partial charge on any atom is 0.243 e. The zero-order chi connectivity index (χ0) is 29.6. The normalized spacial score (nSPS) is 26.0. The Hall–Kier alpha value is -3.24. The number of ether oxygens (including phenoxy) is 2. The van der Waals surface area contributed by atoms with Crippen molar-refractivity contribution in [2.45, 2.75) is 95.0 Å². The Morgan fingerprint density at radius 3 is 2.17 bits per heavy atom. The van der Waals surface area contributed by atoms with Crippen LogP contribution >= 0.6 is 0 Å². The second kappa shape index (κ2) is 13.6. The molecule has 0 unspecified atom stereocenters. The summed E-state index contributed by atoms with van der Waals surface area (Å²) < 4.78 is 10.6. The minimum Gasteiger partial charge on any atom is -0.497 e. The summed E-state index contributed by atoms with van der Waals surface area (Å²) in [5.74, 6) is -0.702. The van der Waals surface area contributed by atoms with Crippen molar-refractivity contribution in [2.75, 3.05) is 13.7 Å².